The van der Waals surface area contributed by atoms with Crippen LogP contribution >= 0.6 is 0 Å². The van der Waals surface area contributed by atoms with Crippen molar-refractivity contribution in [1.82, 2.24) is 0 Å². The first kappa shape index (κ1) is 16.7. The molecule has 0 heterocycles. The van der Waals surface area contributed by atoms with Gasteiger partial charge in [-0.05, 0) is 117 Å². The standard InChI is InChI=1S/C27H40F2/c1-2-3-19-4-6-20(7-5-19)21-8-10-22(11-9-21)23-12-14-24(15-13-23)25-16-17-26(28)27(29)18-25/h16-24H,2-15H2,1H3/i4D2,5D2. The summed E-state index contributed by atoms with van der Waals surface area (Å²) in [5.41, 5.74) is 0.929. The predicted molar refractivity (Wildman–Crippen MR) is 117 cm³/mol. The van der Waals surface area contributed by atoms with E-state index >= 15 is 0 Å². The van der Waals surface area contributed by atoms with Gasteiger partial charge in [0.25, 0.3) is 0 Å². The number of rotatable bonds is 5. The van der Waals surface area contributed by atoms with Crippen molar-refractivity contribution in [2.45, 2.75) is 103 Å². The quantitative estimate of drug-likeness (QED) is 0.459. The highest BCUT2D eigenvalue weighted by Gasteiger charge is 2.34. The first-order valence-electron chi connectivity index (χ1n) is 14.1. The molecule has 0 spiro atoms. The summed E-state index contributed by atoms with van der Waals surface area (Å²) in [6.45, 7) is 2.02. The minimum Gasteiger partial charge on any atom is -0.204 e. The Bertz CT molecular complexity index is 777. The molecule has 29 heavy (non-hydrogen) atoms. The van der Waals surface area contributed by atoms with Crippen molar-refractivity contribution < 1.29 is 14.3 Å². The molecular formula is C27H40F2. The summed E-state index contributed by atoms with van der Waals surface area (Å²) < 4.78 is 61.2. The fourth-order valence-electron chi connectivity index (χ4n) is 6.34. The van der Waals surface area contributed by atoms with Crippen molar-refractivity contribution in [3.05, 3.63) is 35.4 Å². The second-order valence-corrected chi connectivity index (χ2v) is 9.88. The van der Waals surface area contributed by atoms with Gasteiger partial charge in [0.05, 0.1) is 0 Å². The van der Waals surface area contributed by atoms with E-state index in [1.807, 2.05) is 6.92 Å². The summed E-state index contributed by atoms with van der Waals surface area (Å²) in [6, 6.07) is 4.36. The minimum atomic E-state index is -1.41. The van der Waals surface area contributed by atoms with Crippen molar-refractivity contribution in [2.75, 3.05) is 0 Å². The third kappa shape index (κ3) is 5.23. The van der Waals surface area contributed by atoms with E-state index in [9.17, 15) is 8.78 Å². The van der Waals surface area contributed by atoms with Crippen LogP contribution in [0.4, 0.5) is 8.78 Å². The highest BCUT2D eigenvalue weighted by molar-refractivity contribution is 5.22. The molecule has 0 unspecified atom stereocenters. The molecule has 4 rings (SSSR count). The molecule has 3 aliphatic rings. The van der Waals surface area contributed by atoms with Crippen LogP contribution in [0.3, 0.4) is 0 Å². The molecular weight excluding hydrogens is 362 g/mol. The van der Waals surface area contributed by atoms with Crippen LogP contribution in [0.1, 0.15) is 114 Å². The van der Waals surface area contributed by atoms with Crippen LogP contribution in [0.5, 0.6) is 0 Å². The van der Waals surface area contributed by atoms with Crippen molar-refractivity contribution in [3.8, 4) is 0 Å². The van der Waals surface area contributed by atoms with Gasteiger partial charge in [-0.3, -0.25) is 0 Å². The van der Waals surface area contributed by atoms with Crippen LogP contribution in [0.25, 0.3) is 0 Å². The van der Waals surface area contributed by atoms with Crippen LogP contribution < -0.4 is 0 Å². The Labute approximate surface area is 182 Å². The summed E-state index contributed by atoms with van der Waals surface area (Å²) in [7, 11) is 0. The van der Waals surface area contributed by atoms with Crippen molar-refractivity contribution >= 4 is 0 Å². The Morgan fingerprint density at radius 2 is 1.28 bits per heavy atom. The van der Waals surface area contributed by atoms with Crippen molar-refractivity contribution in [1.29, 1.82) is 0 Å². The highest BCUT2D eigenvalue weighted by Crippen LogP contribution is 2.47. The van der Waals surface area contributed by atoms with Gasteiger partial charge in [-0.1, -0.05) is 38.6 Å². The fourth-order valence-corrected chi connectivity index (χ4v) is 6.34. The lowest BCUT2D eigenvalue weighted by Crippen LogP contribution is -2.29. The van der Waals surface area contributed by atoms with Crippen LogP contribution in [0.2, 0.25) is 0 Å². The highest BCUT2D eigenvalue weighted by atomic mass is 19.2. The number of benzene rings is 1. The maximum Gasteiger partial charge on any atom is 0.159 e. The molecule has 1 aromatic rings. The van der Waals surface area contributed by atoms with E-state index in [2.05, 4.69) is 0 Å². The van der Waals surface area contributed by atoms with Crippen LogP contribution in [0.15, 0.2) is 18.2 Å². The zero-order chi connectivity index (χ0) is 23.8. The lowest BCUT2D eigenvalue weighted by Gasteiger charge is -2.41. The van der Waals surface area contributed by atoms with E-state index < -0.39 is 30.3 Å². The van der Waals surface area contributed by atoms with Crippen LogP contribution in [-0.2, 0) is 0 Å². The van der Waals surface area contributed by atoms with E-state index in [4.69, 9.17) is 5.48 Å². The van der Waals surface area contributed by atoms with E-state index in [-0.39, 0.29) is 5.92 Å². The Hall–Kier alpha value is -0.920. The third-order valence-electron chi connectivity index (χ3n) is 8.17. The normalized spacial score (nSPS) is 41.6. The van der Waals surface area contributed by atoms with Gasteiger partial charge in [-0.2, -0.15) is 0 Å². The fraction of sp³-hybridized carbons (Fsp3) is 0.778. The molecule has 0 amide bonds. The summed E-state index contributed by atoms with van der Waals surface area (Å²) in [5.74, 6) is 0.348. The molecule has 0 nitrogen and oxygen atoms in total. The molecule has 162 valence electrons. The Kier molecular flexibility index (Phi) is 5.73. The lowest BCUT2D eigenvalue weighted by atomic mass is 9.64. The molecule has 3 saturated carbocycles. The van der Waals surface area contributed by atoms with Gasteiger partial charge in [0.2, 0.25) is 0 Å². The van der Waals surface area contributed by atoms with Gasteiger partial charge in [0.15, 0.2) is 11.6 Å². The zero-order valence-corrected chi connectivity index (χ0v) is 17.9. The number of halogens is 2. The Morgan fingerprint density at radius 3 is 1.79 bits per heavy atom. The second kappa shape index (κ2) is 9.92. The molecule has 1 aromatic carbocycles. The van der Waals surface area contributed by atoms with Gasteiger partial charge in [0.1, 0.15) is 0 Å². The molecule has 0 N–H and O–H groups in total. The SMILES string of the molecule is [2H]C1([2H])CC(C2CCC(C3CCC(c4ccc(F)c(F)c4)CC3)CC2)CC([2H])([2H])C1CCC. The van der Waals surface area contributed by atoms with Gasteiger partial charge in [-0.15, -0.1) is 0 Å². The van der Waals surface area contributed by atoms with Gasteiger partial charge in [-0.25, -0.2) is 8.78 Å². The van der Waals surface area contributed by atoms with E-state index in [0.717, 1.165) is 50.5 Å². The molecule has 0 aliphatic heterocycles. The first-order chi connectivity index (χ1) is 15.6. The van der Waals surface area contributed by atoms with Crippen molar-refractivity contribution in [3.63, 3.8) is 0 Å². The number of hydrogen-bond acceptors (Lipinski definition) is 0. The van der Waals surface area contributed by atoms with Gasteiger partial charge >= 0.3 is 0 Å². The lowest BCUT2D eigenvalue weighted by molar-refractivity contribution is 0.109. The molecule has 0 aromatic heterocycles. The summed E-state index contributed by atoms with van der Waals surface area (Å²) in [4.78, 5) is 0. The molecule has 3 aliphatic carbocycles. The summed E-state index contributed by atoms with van der Waals surface area (Å²) >= 11 is 0. The molecule has 0 bridgehead atoms. The number of hydrogen-bond donors (Lipinski definition) is 0. The average molecular weight is 407 g/mol. The summed E-state index contributed by atoms with van der Waals surface area (Å²) in [6.07, 6.45) is 8.61. The topological polar surface area (TPSA) is 0 Å². The molecule has 0 saturated heterocycles. The molecule has 2 heteroatoms. The predicted octanol–water partition coefficient (Wildman–Crippen LogP) is 8.65. The van der Waals surface area contributed by atoms with Gasteiger partial charge in [0, 0.05) is 5.48 Å². The minimum absolute atomic E-state index is 0.160. The monoisotopic (exact) mass is 406 g/mol. The van der Waals surface area contributed by atoms with E-state index in [1.54, 1.807) is 6.07 Å². The largest absolute Gasteiger partial charge is 0.204 e. The molecule has 0 radical (unpaired) electrons. The average Bonchev–Trinajstić information content (AvgIpc) is 2.78. The third-order valence-corrected chi connectivity index (χ3v) is 8.17. The van der Waals surface area contributed by atoms with E-state index in [0.29, 0.717) is 42.9 Å². The maximum absolute atomic E-state index is 13.6. The van der Waals surface area contributed by atoms with Crippen molar-refractivity contribution in [2.24, 2.45) is 29.6 Å². The second-order valence-electron chi connectivity index (χ2n) is 9.88. The van der Waals surface area contributed by atoms with E-state index in [1.165, 1.54) is 25.0 Å². The van der Waals surface area contributed by atoms with Crippen LogP contribution in [-0.4, -0.2) is 0 Å². The van der Waals surface area contributed by atoms with Crippen LogP contribution in [0, 0.1) is 41.2 Å². The molecule has 3 fully saturated rings. The zero-order valence-electron chi connectivity index (χ0n) is 21.9. The molecule has 0 atom stereocenters. The smallest absolute Gasteiger partial charge is 0.159 e. The maximum atomic E-state index is 13.6. The Balaban J connectivity index is 1.28. The van der Waals surface area contributed by atoms with Gasteiger partial charge < -0.3 is 0 Å². The first-order valence-corrected chi connectivity index (χ1v) is 12.1. The summed E-state index contributed by atoms with van der Waals surface area (Å²) in [5, 5.41) is 0. The Morgan fingerprint density at radius 1 is 0.759 bits per heavy atom.